The Morgan fingerprint density at radius 3 is 2.23 bits per heavy atom. The molecule has 0 atom stereocenters. The summed E-state index contributed by atoms with van der Waals surface area (Å²) in [6.45, 7) is 7.67. The zero-order valence-electron chi connectivity index (χ0n) is 18.1. The van der Waals surface area contributed by atoms with Crippen molar-refractivity contribution >= 4 is 15.9 Å². The van der Waals surface area contributed by atoms with Crippen molar-refractivity contribution in [2.75, 3.05) is 0 Å². The highest BCUT2D eigenvalue weighted by Crippen LogP contribution is 2.14. The number of aromatic nitrogens is 3. The van der Waals surface area contributed by atoms with Crippen molar-refractivity contribution in [1.82, 2.24) is 25.0 Å². The highest BCUT2D eigenvalue weighted by molar-refractivity contribution is 7.88. The van der Waals surface area contributed by atoms with Gasteiger partial charge in [-0.15, -0.1) is 5.10 Å². The van der Waals surface area contributed by atoms with Gasteiger partial charge in [-0.25, -0.2) is 17.8 Å². The van der Waals surface area contributed by atoms with Gasteiger partial charge in [0.2, 0.25) is 10.0 Å². The molecule has 31 heavy (non-hydrogen) atoms. The Morgan fingerprint density at radius 1 is 1.00 bits per heavy atom. The Labute approximate surface area is 182 Å². The van der Waals surface area contributed by atoms with Gasteiger partial charge in [0.25, 0.3) is 5.91 Å². The van der Waals surface area contributed by atoms with Crippen LogP contribution in [0.25, 0.3) is 5.69 Å². The molecule has 0 unspecified atom stereocenters. The van der Waals surface area contributed by atoms with E-state index in [4.69, 9.17) is 0 Å². The third-order valence-corrected chi connectivity index (χ3v) is 6.18. The number of sulfonamides is 1. The molecule has 0 fully saturated rings. The quantitative estimate of drug-likeness (QED) is 0.559. The van der Waals surface area contributed by atoms with Crippen LogP contribution in [0, 0.1) is 13.8 Å². The summed E-state index contributed by atoms with van der Waals surface area (Å²) >= 11 is 0. The number of nitrogens with zero attached hydrogens (tertiary/aromatic N) is 3. The van der Waals surface area contributed by atoms with Crippen molar-refractivity contribution < 1.29 is 13.2 Å². The molecule has 3 rings (SSSR count). The van der Waals surface area contributed by atoms with Crippen LogP contribution in [0.1, 0.15) is 46.7 Å². The summed E-state index contributed by atoms with van der Waals surface area (Å²) in [6.07, 6.45) is 0. The fourth-order valence-corrected chi connectivity index (χ4v) is 4.54. The summed E-state index contributed by atoms with van der Waals surface area (Å²) in [5, 5.41) is 11.0. The van der Waals surface area contributed by atoms with Crippen molar-refractivity contribution in [2.24, 2.45) is 0 Å². The SMILES string of the molecule is Cc1ccc(-n2nnc(C(=O)NCc3ccc(CS(=O)(=O)NC(C)C)cc3)c2C)cc1. The van der Waals surface area contributed by atoms with E-state index in [-0.39, 0.29) is 23.4 Å². The molecule has 1 amide bonds. The van der Waals surface area contributed by atoms with Gasteiger partial charge in [-0.05, 0) is 51.0 Å². The first kappa shape index (κ1) is 22.6. The van der Waals surface area contributed by atoms with Gasteiger partial charge in [-0.3, -0.25) is 4.79 Å². The molecule has 0 spiro atoms. The number of carbonyl (C=O) groups is 1. The lowest BCUT2D eigenvalue weighted by molar-refractivity contribution is 0.0945. The molecule has 0 saturated heterocycles. The van der Waals surface area contributed by atoms with E-state index in [9.17, 15) is 13.2 Å². The van der Waals surface area contributed by atoms with Crippen LogP contribution < -0.4 is 10.0 Å². The second-order valence-electron chi connectivity index (χ2n) is 7.80. The molecule has 0 saturated carbocycles. The van der Waals surface area contributed by atoms with Gasteiger partial charge in [-0.1, -0.05) is 47.2 Å². The third kappa shape index (κ3) is 5.99. The van der Waals surface area contributed by atoms with Crippen LogP contribution in [-0.2, 0) is 22.3 Å². The molecule has 0 bridgehead atoms. The molecule has 2 aromatic carbocycles. The maximum absolute atomic E-state index is 12.6. The number of hydrogen-bond donors (Lipinski definition) is 2. The molecule has 9 heteroatoms. The monoisotopic (exact) mass is 441 g/mol. The minimum Gasteiger partial charge on any atom is -0.347 e. The molecule has 0 aliphatic carbocycles. The van der Waals surface area contributed by atoms with E-state index in [2.05, 4.69) is 20.4 Å². The van der Waals surface area contributed by atoms with Gasteiger partial charge in [-0.2, -0.15) is 0 Å². The number of nitrogens with one attached hydrogen (secondary N) is 2. The van der Waals surface area contributed by atoms with Crippen LogP contribution in [0.15, 0.2) is 48.5 Å². The topological polar surface area (TPSA) is 106 Å². The van der Waals surface area contributed by atoms with Gasteiger partial charge in [0.15, 0.2) is 5.69 Å². The van der Waals surface area contributed by atoms with Crippen LogP contribution in [0.2, 0.25) is 0 Å². The molecule has 164 valence electrons. The van der Waals surface area contributed by atoms with Crippen molar-refractivity contribution in [3.63, 3.8) is 0 Å². The van der Waals surface area contributed by atoms with Gasteiger partial charge in [0.05, 0.1) is 17.1 Å². The molecule has 1 aromatic heterocycles. The lowest BCUT2D eigenvalue weighted by atomic mass is 10.1. The van der Waals surface area contributed by atoms with Crippen LogP contribution in [-0.4, -0.2) is 35.4 Å². The predicted octanol–water partition coefficient (Wildman–Crippen LogP) is 2.64. The molecule has 2 N–H and O–H groups in total. The molecule has 0 radical (unpaired) electrons. The van der Waals surface area contributed by atoms with Crippen LogP contribution in [0.3, 0.4) is 0 Å². The Kier molecular flexibility index (Phi) is 6.87. The zero-order chi connectivity index (χ0) is 22.6. The predicted molar refractivity (Wildman–Crippen MR) is 119 cm³/mol. The lowest BCUT2D eigenvalue weighted by Gasteiger charge is -2.10. The molecule has 0 aliphatic rings. The number of carbonyl (C=O) groups excluding carboxylic acids is 1. The van der Waals surface area contributed by atoms with Crippen LogP contribution >= 0.6 is 0 Å². The second kappa shape index (κ2) is 9.40. The van der Waals surface area contributed by atoms with Gasteiger partial charge in [0, 0.05) is 12.6 Å². The van der Waals surface area contributed by atoms with E-state index < -0.39 is 10.0 Å². The highest BCUT2D eigenvalue weighted by atomic mass is 32.2. The highest BCUT2D eigenvalue weighted by Gasteiger charge is 2.17. The number of aryl methyl sites for hydroxylation is 1. The lowest BCUT2D eigenvalue weighted by Crippen LogP contribution is -2.31. The second-order valence-corrected chi connectivity index (χ2v) is 9.56. The van der Waals surface area contributed by atoms with Crippen LogP contribution in [0.4, 0.5) is 0 Å². The summed E-state index contributed by atoms with van der Waals surface area (Å²) in [7, 11) is -3.37. The zero-order valence-corrected chi connectivity index (χ0v) is 18.9. The first-order valence-electron chi connectivity index (χ1n) is 10.00. The maximum Gasteiger partial charge on any atom is 0.274 e. The van der Waals surface area contributed by atoms with Crippen molar-refractivity contribution in [3.05, 3.63) is 76.6 Å². The number of hydrogen-bond acceptors (Lipinski definition) is 5. The average Bonchev–Trinajstić information content (AvgIpc) is 3.08. The first-order valence-corrected chi connectivity index (χ1v) is 11.7. The number of rotatable bonds is 8. The number of benzene rings is 2. The fourth-order valence-electron chi connectivity index (χ4n) is 3.11. The summed E-state index contributed by atoms with van der Waals surface area (Å²) in [6, 6.07) is 14.8. The molecule has 1 heterocycles. The van der Waals surface area contributed by atoms with E-state index in [1.54, 1.807) is 49.7 Å². The smallest absolute Gasteiger partial charge is 0.274 e. The molecule has 0 aliphatic heterocycles. The Hall–Kier alpha value is -3.04. The minimum atomic E-state index is -3.37. The molecular weight excluding hydrogens is 414 g/mol. The third-order valence-electron chi connectivity index (χ3n) is 4.64. The fraction of sp³-hybridized carbons (Fsp3) is 0.318. The van der Waals surface area contributed by atoms with Crippen molar-refractivity contribution in [2.45, 2.75) is 46.0 Å². The van der Waals surface area contributed by atoms with E-state index in [1.165, 1.54) is 0 Å². The van der Waals surface area contributed by atoms with E-state index >= 15 is 0 Å². The number of amides is 1. The maximum atomic E-state index is 12.6. The average molecular weight is 442 g/mol. The normalized spacial score (nSPS) is 11.6. The molecule has 3 aromatic rings. The first-order chi connectivity index (χ1) is 14.6. The van der Waals surface area contributed by atoms with Gasteiger partial charge < -0.3 is 5.32 Å². The summed E-state index contributed by atoms with van der Waals surface area (Å²) in [5.41, 5.74) is 4.43. The Balaban J connectivity index is 1.62. The van der Waals surface area contributed by atoms with E-state index in [0.717, 1.165) is 16.8 Å². The van der Waals surface area contributed by atoms with Crippen molar-refractivity contribution in [3.8, 4) is 5.69 Å². The summed E-state index contributed by atoms with van der Waals surface area (Å²) in [5.74, 6) is -0.400. The molecule has 8 nitrogen and oxygen atoms in total. The minimum absolute atomic E-state index is 0.0842. The Morgan fingerprint density at radius 2 is 1.61 bits per heavy atom. The standard InChI is InChI=1S/C22H27N5O3S/c1-15(2)25-31(29,30)14-19-9-7-18(8-10-19)13-23-22(28)21-17(4)27(26-24-21)20-11-5-16(3)6-12-20/h5-12,15,25H,13-14H2,1-4H3,(H,23,28). The Bertz CT molecular complexity index is 1150. The van der Waals surface area contributed by atoms with E-state index in [0.29, 0.717) is 17.8 Å². The van der Waals surface area contributed by atoms with Gasteiger partial charge >= 0.3 is 0 Å². The summed E-state index contributed by atoms with van der Waals surface area (Å²) < 4.78 is 28.3. The van der Waals surface area contributed by atoms with Gasteiger partial charge in [0.1, 0.15) is 0 Å². The van der Waals surface area contributed by atoms with E-state index in [1.807, 2.05) is 31.2 Å². The summed E-state index contributed by atoms with van der Waals surface area (Å²) in [4.78, 5) is 12.6. The van der Waals surface area contributed by atoms with Crippen molar-refractivity contribution in [1.29, 1.82) is 0 Å². The molecular formula is C22H27N5O3S. The largest absolute Gasteiger partial charge is 0.347 e. The van der Waals surface area contributed by atoms with Crippen LogP contribution in [0.5, 0.6) is 0 Å².